The zero-order valence-electron chi connectivity index (χ0n) is 13.5. The first-order valence-electron chi connectivity index (χ1n) is 8.21. The number of hydrogen-bond donors (Lipinski definition) is 2. The van der Waals surface area contributed by atoms with Gasteiger partial charge in [-0.25, -0.2) is 0 Å². The van der Waals surface area contributed by atoms with Crippen LogP contribution in [0.25, 0.3) is 10.8 Å². The fourth-order valence-corrected chi connectivity index (χ4v) is 3.35. The molecule has 1 fully saturated rings. The highest BCUT2D eigenvalue weighted by atomic mass is 35.5. The highest BCUT2D eigenvalue weighted by Gasteiger charge is 2.21. The monoisotopic (exact) mass is 332 g/mol. The van der Waals surface area contributed by atoms with E-state index in [2.05, 4.69) is 41.8 Å². The highest BCUT2D eigenvalue weighted by Crippen LogP contribution is 2.19. The standard InChI is InChI=1S/C19H24N2O.ClH/c1-14(17-9-5-11-20-13-17)21-19(22)12-16-8-4-7-15-6-2-3-10-18(15)16;/h2-4,6-8,10,14,17,20H,5,9,11-13H2,1H3,(H,21,22);1H. The first-order valence-corrected chi connectivity index (χ1v) is 8.21. The van der Waals surface area contributed by atoms with E-state index in [-0.39, 0.29) is 24.4 Å². The van der Waals surface area contributed by atoms with Crippen LogP contribution in [0.2, 0.25) is 0 Å². The van der Waals surface area contributed by atoms with Gasteiger partial charge in [0.1, 0.15) is 0 Å². The molecule has 4 heteroatoms. The Morgan fingerprint density at radius 1 is 1.26 bits per heavy atom. The second-order valence-electron chi connectivity index (χ2n) is 6.28. The SMILES string of the molecule is CC(NC(=O)Cc1cccc2ccccc12)C1CCCNC1.Cl. The molecule has 2 aromatic carbocycles. The van der Waals surface area contributed by atoms with Gasteiger partial charge in [-0.15, -0.1) is 12.4 Å². The topological polar surface area (TPSA) is 41.1 Å². The summed E-state index contributed by atoms with van der Waals surface area (Å²) in [7, 11) is 0. The Morgan fingerprint density at radius 3 is 2.83 bits per heavy atom. The van der Waals surface area contributed by atoms with Gasteiger partial charge >= 0.3 is 0 Å². The van der Waals surface area contributed by atoms with Crippen molar-refractivity contribution in [2.24, 2.45) is 5.92 Å². The minimum atomic E-state index is 0. The van der Waals surface area contributed by atoms with Gasteiger partial charge in [-0.05, 0) is 55.1 Å². The summed E-state index contributed by atoms with van der Waals surface area (Å²) in [6.07, 6.45) is 2.85. The van der Waals surface area contributed by atoms with Gasteiger partial charge in [-0.2, -0.15) is 0 Å². The van der Waals surface area contributed by atoms with Crippen LogP contribution in [0.4, 0.5) is 0 Å². The molecule has 124 valence electrons. The molecule has 0 bridgehead atoms. The lowest BCUT2D eigenvalue weighted by Gasteiger charge is -2.29. The Bertz CT molecular complexity index is 647. The van der Waals surface area contributed by atoms with Crippen LogP contribution in [0.1, 0.15) is 25.3 Å². The molecule has 0 radical (unpaired) electrons. The molecule has 0 saturated carbocycles. The number of halogens is 1. The Morgan fingerprint density at radius 2 is 2.04 bits per heavy atom. The van der Waals surface area contributed by atoms with Gasteiger partial charge in [0, 0.05) is 6.04 Å². The van der Waals surface area contributed by atoms with Gasteiger partial charge in [0.05, 0.1) is 6.42 Å². The van der Waals surface area contributed by atoms with Crippen molar-refractivity contribution < 1.29 is 4.79 Å². The Balaban J connectivity index is 0.00000192. The second-order valence-corrected chi connectivity index (χ2v) is 6.28. The molecule has 2 aromatic rings. The third-order valence-electron chi connectivity index (χ3n) is 4.66. The minimum absolute atomic E-state index is 0. The summed E-state index contributed by atoms with van der Waals surface area (Å²) in [5.41, 5.74) is 1.10. The molecule has 1 saturated heterocycles. The van der Waals surface area contributed by atoms with Crippen molar-refractivity contribution in [3.63, 3.8) is 0 Å². The third-order valence-corrected chi connectivity index (χ3v) is 4.66. The summed E-state index contributed by atoms with van der Waals surface area (Å²) in [6, 6.07) is 14.6. The van der Waals surface area contributed by atoms with E-state index < -0.39 is 0 Å². The van der Waals surface area contributed by atoms with Crippen LogP contribution in [0.15, 0.2) is 42.5 Å². The number of carbonyl (C=O) groups excluding carboxylic acids is 1. The van der Waals surface area contributed by atoms with E-state index in [1.54, 1.807) is 0 Å². The average Bonchev–Trinajstić information content (AvgIpc) is 2.56. The van der Waals surface area contributed by atoms with Gasteiger partial charge in [0.2, 0.25) is 5.91 Å². The Hall–Kier alpha value is -1.58. The predicted octanol–water partition coefficient (Wildman–Crippen LogP) is 3.31. The van der Waals surface area contributed by atoms with Crippen molar-refractivity contribution in [1.82, 2.24) is 10.6 Å². The molecule has 1 aliphatic rings. The minimum Gasteiger partial charge on any atom is -0.353 e. The van der Waals surface area contributed by atoms with Crippen LogP contribution in [0.3, 0.4) is 0 Å². The first kappa shape index (κ1) is 17.8. The van der Waals surface area contributed by atoms with E-state index in [4.69, 9.17) is 0 Å². The summed E-state index contributed by atoms with van der Waals surface area (Å²) in [6.45, 7) is 4.24. The van der Waals surface area contributed by atoms with Crippen LogP contribution >= 0.6 is 12.4 Å². The quantitative estimate of drug-likeness (QED) is 0.902. The van der Waals surface area contributed by atoms with Gasteiger partial charge in [-0.1, -0.05) is 42.5 Å². The van der Waals surface area contributed by atoms with E-state index in [0.29, 0.717) is 12.3 Å². The van der Waals surface area contributed by atoms with Crippen molar-refractivity contribution in [2.75, 3.05) is 13.1 Å². The van der Waals surface area contributed by atoms with Crippen molar-refractivity contribution in [2.45, 2.75) is 32.2 Å². The van der Waals surface area contributed by atoms with Crippen molar-refractivity contribution in [3.05, 3.63) is 48.0 Å². The summed E-state index contributed by atoms with van der Waals surface area (Å²) < 4.78 is 0. The van der Waals surface area contributed by atoms with Crippen molar-refractivity contribution >= 4 is 29.1 Å². The molecule has 23 heavy (non-hydrogen) atoms. The number of fused-ring (bicyclic) bond motifs is 1. The van der Waals surface area contributed by atoms with Crippen molar-refractivity contribution in [1.29, 1.82) is 0 Å². The zero-order valence-corrected chi connectivity index (χ0v) is 14.4. The normalized spacial score (nSPS) is 18.9. The predicted molar refractivity (Wildman–Crippen MR) is 98.1 cm³/mol. The molecule has 3 nitrogen and oxygen atoms in total. The van der Waals surface area contributed by atoms with Gasteiger partial charge < -0.3 is 10.6 Å². The van der Waals surface area contributed by atoms with Gasteiger partial charge in [0.15, 0.2) is 0 Å². The van der Waals surface area contributed by atoms with E-state index in [0.717, 1.165) is 18.7 Å². The van der Waals surface area contributed by atoms with Crippen LogP contribution in [-0.2, 0) is 11.2 Å². The molecule has 0 aliphatic carbocycles. The lowest BCUT2D eigenvalue weighted by Crippen LogP contribution is -2.45. The molecule has 2 unspecified atom stereocenters. The smallest absolute Gasteiger partial charge is 0.224 e. The van der Waals surface area contributed by atoms with E-state index >= 15 is 0 Å². The fourth-order valence-electron chi connectivity index (χ4n) is 3.35. The average molecular weight is 333 g/mol. The van der Waals surface area contributed by atoms with Gasteiger partial charge in [0.25, 0.3) is 0 Å². The maximum Gasteiger partial charge on any atom is 0.224 e. The summed E-state index contributed by atoms with van der Waals surface area (Å²) in [5.74, 6) is 0.666. The van der Waals surface area contributed by atoms with E-state index in [1.807, 2.05) is 18.2 Å². The molecule has 0 aromatic heterocycles. The van der Waals surface area contributed by atoms with Crippen LogP contribution < -0.4 is 10.6 Å². The Labute approximate surface area is 144 Å². The molecule has 0 spiro atoms. The van der Waals surface area contributed by atoms with Gasteiger partial charge in [-0.3, -0.25) is 4.79 Å². The van der Waals surface area contributed by atoms with E-state index in [9.17, 15) is 4.79 Å². The van der Waals surface area contributed by atoms with Crippen LogP contribution in [0.5, 0.6) is 0 Å². The summed E-state index contributed by atoms with van der Waals surface area (Å²) >= 11 is 0. The maximum absolute atomic E-state index is 12.4. The fraction of sp³-hybridized carbons (Fsp3) is 0.421. The molecule has 3 rings (SSSR count). The van der Waals surface area contributed by atoms with Crippen LogP contribution in [0, 0.1) is 5.92 Å². The number of piperidine rings is 1. The maximum atomic E-state index is 12.4. The molecule has 1 aliphatic heterocycles. The summed E-state index contributed by atoms with van der Waals surface area (Å²) in [5, 5.41) is 8.96. The molecule has 1 heterocycles. The highest BCUT2D eigenvalue weighted by molar-refractivity contribution is 5.90. The third kappa shape index (κ3) is 4.46. The summed E-state index contributed by atoms with van der Waals surface area (Å²) in [4.78, 5) is 12.4. The Kier molecular flexibility index (Phi) is 6.43. The van der Waals surface area contributed by atoms with Crippen LogP contribution in [-0.4, -0.2) is 25.0 Å². The van der Waals surface area contributed by atoms with Crippen molar-refractivity contribution in [3.8, 4) is 0 Å². The second kappa shape index (κ2) is 8.32. The molecule has 1 amide bonds. The number of rotatable bonds is 4. The number of benzene rings is 2. The number of nitrogens with one attached hydrogen (secondary N) is 2. The molecule has 2 atom stereocenters. The first-order chi connectivity index (χ1) is 10.7. The number of hydrogen-bond acceptors (Lipinski definition) is 2. The molecular formula is C19H25ClN2O. The largest absolute Gasteiger partial charge is 0.353 e. The lowest BCUT2D eigenvalue weighted by molar-refractivity contribution is -0.121. The number of amides is 1. The molecule has 2 N–H and O–H groups in total. The lowest BCUT2D eigenvalue weighted by atomic mass is 9.92. The zero-order chi connectivity index (χ0) is 15.4. The number of carbonyl (C=O) groups is 1. The van der Waals surface area contributed by atoms with E-state index in [1.165, 1.54) is 23.6 Å². The molecular weight excluding hydrogens is 308 g/mol.